The molecule has 35 heavy (non-hydrogen) atoms. The number of hydrogen-bond donors (Lipinski definition) is 1. The minimum atomic E-state index is -1.85. The zero-order chi connectivity index (χ0) is 24.5. The Morgan fingerprint density at radius 2 is 1.80 bits per heavy atom. The predicted molar refractivity (Wildman–Crippen MR) is 134 cm³/mol. The Morgan fingerprint density at radius 1 is 1.09 bits per heavy atom. The fraction of sp³-hybridized carbons (Fsp3) is 0.593. The highest BCUT2D eigenvalue weighted by molar-refractivity contribution is 5.86. The van der Waals surface area contributed by atoms with Gasteiger partial charge in [-0.3, -0.25) is 4.79 Å². The quantitative estimate of drug-likeness (QED) is 0.680. The van der Waals surface area contributed by atoms with Crippen molar-refractivity contribution in [2.24, 2.45) is 5.92 Å². The molecule has 4 aliphatic rings. The number of anilines is 1. The van der Waals surface area contributed by atoms with Gasteiger partial charge in [-0.1, -0.05) is 24.3 Å². The number of carbonyl (C=O) groups is 1. The predicted octanol–water partition coefficient (Wildman–Crippen LogP) is 3.59. The van der Waals surface area contributed by atoms with Crippen molar-refractivity contribution in [2.75, 3.05) is 44.7 Å². The molecular weight excluding hydrogens is 445 g/mol. The molecule has 4 aliphatic heterocycles. The molecule has 4 saturated heterocycles. The van der Waals surface area contributed by atoms with Crippen molar-refractivity contribution < 1.29 is 13.9 Å². The molecule has 1 aromatic heterocycles. The Balaban J connectivity index is 1.22. The normalized spacial score (nSPS) is 27.9. The molecule has 7 nitrogen and oxygen atoms in total. The molecule has 1 N–H and O–H groups in total. The molecule has 0 aliphatic carbocycles. The monoisotopic (exact) mass is 481 g/mol. The molecule has 188 valence electrons. The summed E-state index contributed by atoms with van der Waals surface area (Å²) in [7, 11) is 1.68. The van der Waals surface area contributed by atoms with Gasteiger partial charge < -0.3 is 19.9 Å². The fourth-order valence-electron chi connectivity index (χ4n) is 5.81. The number of methoxy groups -OCH3 is 1. The summed E-state index contributed by atoms with van der Waals surface area (Å²) in [5.74, 6) is 0.562. The highest BCUT2D eigenvalue weighted by Crippen LogP contribution is 2.37. The van der Waals surface area contributed by atoms with E-state index in [1.54, 1.807) is 13.3 Å². The van der Waals surface area contributed by atoms with Gasteiger partial charge in [-0.05, 0) is 56.8 Å². The Labute approximate surface area is 207 Å². The topological polar surface area (TPSA) is 70.6 Å². The van der Waals surface area contributed by atoms with Crippen LogP contribution in [0.5, 0.6) is 0 Å². The SMILES string of the molecule is COCc1ccc(-c2ccnc(N3CCC(F)(C(=O)NC4(C)CCN5CCC4CC5)CC3)n2)cc1. The molecular formula is C27H36FN5O2. The van der Waals surface area contributed by atoms with Crippen molar-refractivity contribution in [1.29, 1.82) is 0 Å². The summed E-state index contributed by atoms with van der Waals surface area (Å²) in [6, 6.07) is 9.96. The first-order valence-electron chi connectivity index (χ1n) is 12.8. The van der Waals surface area contributed by atoms with Crippen molar-refractivity contribution in [1.82, 2.24) is 20.2 Å². The van der Waals surface area contributed by atoms with E-state index in [9.17, 15) is 4.79 Å². The van der Waals surface area contributed by atoms with E-state index in [1.807, 2.05) is 35.2 Å². The number of aromatic nitrogens is 2. The Morgan fingerprint density at radius 3 is 2.49 bits per heavy atom. The summed E-state index contributed by atoms with van der Waals surface area (Å²) in [5.41, 5.74) is 0.739. The molecule has 2 aromatic rings. The van der Waals surface area contributed by atoms with Crippen molar-refractivity contribution in [3.63, 3.8) is 0 Å². The molecule has 2 bridgehead atoms. The summed E-state index contributed by atoms with van der Waals surface area (Å²) in [6.07, 6.45) is 5.07. The number of nitrogens with one attached hydrogen (secondary N) is 1. The molecule has 5 heterocycles. The van der Waals surface area contributed by atoms with Gasteiger partial charge in [0.15, 0.2) is 5.67 Å². The number of alkyl halides is 1. The van der Waals surface area contributed by atoms with Crippen molar-refractivity contribution in [3.8, 4) is 11.3 Å². The Kier molecular flexibility index (Phi) is 6.77. The van der Waals surface area contributed by atoms with Gasteiger partial charge in [0.05, 0.1) is 12.3 Å². The number of fused-ring (bicyclic) bond motifs is 4. The standard InChI is InChI=1S/C27H36FN5O2/c1-26(10-16-32-14-8-22(26)9-15-32)31-24(34)27(28)11-17-33(18-12-27)25-29-13-7-23(30-25)21-5-3-20(4-6-21)19-35-2/h3-7,13,22H,8-12,14-19H2,1-2H3,(H,31,34). The number of benzene rings is 1. The number of amides is 1. The van der Waals surface area contributed by atoms with Gasteiger partial charge in [-0.25, -0.2) is 14.4 Å². The van der Waals surface area contributed by atoms with Gasteiger partial charge in [0.1, 0.15) is 0 Å². The average molecular weight is 482 g/mol. The van der Waals surface area contributed by atoms with Gasteiger partial charge >= 0.3 is 0 Å². The van der Waals surface area contributed by atoms with Crippen molar-refractivity contribution >= 4 is 11.9 Å². The Hall–Kier alpha value is -2.58. The second-order valence-electron chi connectivity index (χ2n) is 10.6. The van der Waals surface area contributed by atoms with Crippen LogP contribution < -0.4 is 10.2 Å². The maximum Gasteiger partial charge on any atom is 0.258 e. The fourth-order valence-corrected chi connectivity index (χ4v) is 5.81. The van der Waals surface area contributed by atoms with Crippen LogP contribution in [-0.2, 0) is 16.1 Å². The van der Waals surface area contributed by atoms with Gasteiger partial charge in [0, 0.05) is 56.9 Å². The van der Waals surface area contributed by atoms with E-state index in [1.165, 1.54) is 0 Å². The third-order valence-electron chi connectivity index (χ3n) is 8.28. The van der Waals surface area contributed by atoms with Crippen LogP contribution in [0.3, 0.4) is 0 Å². The van der Waals surface area contributed by atoms with Crippen LogP contribution in [0, 0.1) is 5.92 Å². The third-order valence-corrected chi connectivity index (χ3v) is 8.28. The maximum absolute atomic E-state index is 15.9. The van der Waals surface area contributed by atoms with Crippen LogP contribution in [0.15, 0.2) is 36.5 Å². The number of nitrogens with zero attached hydrogens (tertiary/aromatic N) is 4. The number of ether oxygens (including phenoxy) is 1. The highest BCUT2D eigenvalue weighted by atomic mass is 19.1. The molecule has 1 atom stereocenters. The zero-order valence-corrected chi connectivity index (χ0v) is 20.8. The minimum absolute atomic E-state index is 0.144. The molecule has 1 unspecified atom stereocenters. The Bertz CT molecular complexity index is 1030. The van der Waals surface area contributed by atoms with E-state index in [4.69, 9.17) is 9.72 Å². The molecule has 8 heteroatoms. The van der Waals surface area contributed by atoms with Crippen LogP contribution in [0.25, 0.3) is 11.3 Å². The summed E-state index contributed by atoms with van der Waals surface area (Å²) in [5, 5.41) is 3.17. The van der Waals surface area contributed by atoms with E-state index in [2.05, 4.69) is 22.1 Å². The molecule has 0 saturated carbocycles. The average Bonchev–Trinajstić information content (AvgIpc) is 3.13. The van der Waals surface area contributed by atoms with Gasteiger partial charge in [-0.15, -0.1) is 0 Å². The van der Waals surface area contributed by atoms with Crippen LogP contribution in [0.4, 0.5) is 10.3 Å². The van der Waals surface area contributed by atoms with E-state index < -0.39 is 11.6 Å². The van der Waals surface area contributed by atoms with E-state index in [-0.39, 0.29) is 18.4 Å². The number of rotatable bonds is 6. The number of hydrogen-bond acceptors (Lipinski definition) is 6. The van der Waals surface area contributed by atoms with Crippen LogP contribution in [0.2, 0.25) is 0 Å². The summed E-state index contributed by atoms with van der Waals surface area (Å²) in [4.78, 5) is 26.8. The first-order valence-corrected chi connectivity index (χ1v) is 12.8. The first kappa shape index (κ1) is 24.1. The second-order valence-corrected chi connectivity index (χ2v) is 10.6. The highest BCUT2D eigenvalue weighted by Gasteiger charge is 2.47. The van der Waals surface area contributed by atoms with Gasteiger partial charge in [0.25, 0.3) is 5.91 Å². The summed E-state index contributed by atoms with van der Waals surface area (Å²) >= 11 is 0. The lowest BCUT2D eigenvalue weighted by Crippen LogP contribution is -2.59. The minimum Gasteiger partial charge on any atom is -0.380 e. The number of piperidine rings is 2. The smallest absolute Gasteiger partial charge is 0.258 e. The van der Waals surface area contributed by atoms with E-state index in [0.29, 0.717) is 31.6 Å². The molecule has 0 spiro atoms. The van der Waals surface area contributed by atoms with E-state index in [0.717, 1.165) is 55.7 Å². The lowest BCUT2D eigenvalue weighted by molar-refractivity contribution is -0.137. The molecule has 0 radical (unpaired) electrons. The van der Waals surface area contributed by atoms with Crippen LogP contribution in [-0.4, -0.2) is 71.8 Å². The van der Waals surface area contributed by atoms with Crippen LogP contribution in [0.1, 0.15) is 44.6 Å². The van der Waals surface area contributed by atoms with Crippen molar-refractivity contribution in [3.05, 3.63) is 42.1 Å². The zero-order valence-electron chi connectivity index (χ0n) is 20.8. The lowest BCUT2D eigenvalue weighted by Gasteiger charge is -2.41. The lowest BCUT2D eigenvalue weighted by atomic mass is 9.78. The molecule has 6 rings (SSSR count). The molecule has 1 amide bonds. The molecule has 1 aromatic carbocycles. The summed E-state index contributed by atoms with van der Waals surface area (Å²) < 4.78 is 21.0. The number of carbonyl (C=O) groups excluding carboxylic acids is 1. The maximum atomic E-state index is 15.9. The second kappa shape index (κ2) is 9.82. The third kappa shape index (κ3) is 5.05. The van der Waals surface area contributed by atoms with Gasteiger partial charge in [0.2, 0.25) is 5.95 Å². The summed E-state index contributed by atoms with van der Waals surface area (Å²) in [6.45, 7) is 6.65. The van der Waals surface area contributed by atoms with E-state index >= 15 is 4.39 Å². The first-order chi connectivity index (χ1) is 16.9. The largest absolute Gasteiger partial charge is 0.380 e. The number of halogens is 1. The molecule has 4 fully saturated rings. The van der Waals surface area contributed by atoms with Crippen molar-refractivity contribution in [2.45, 2.75) is 56.8 Å². The van der Waals surface area contributed by atoms with Crippen LogP contribution >= 0.6 is 0 Å². The van der Waals surface area contributed by atoms with Gasteiger partial charge in [-0.2, -0.15) is 0 Å².